The van der Waals surface area contributed by atoms with Crippen molar-refractivity contribution < 1.29 is 9.59 Å². The van der Waals surface area contributed by atoms with Gasteiger partial charge in [0.25, 0.3) is 5.91 Å². The van der Waals surface area contributed by atoms with Crippen LogP contribution in [0.15, 0.2) is 41.8 Å². The highest BCUT2D eigenvalue weighted by Gasteiger charge is 2.25. The van der Waals surface area contributed by atoms with Gasteiger partial charge in [0.1, 0.15) is 0 Å². The van der Waals surface area contributed by atoms with E-state index in [2.05, 4.69) is 27.7 Å². The molecule has 1 atom stereocenters. The molecule has 27 heavy (non-hydrogen) atoms. The summed E-state index contributed by atoms with van der Waals surface area (Å²) in [6.45, 7) is 3.57. The molecule has 5 nitrogen and oxygen atoms in total. The fourth-order valence-electron chi connectivity index (χ4n) is 3.95. The largest absolute Gasteiger partial charge is 0.350 e. The second-order valence-electron chi connectivity index (χ2n) is 7.18. The van der Waals surface area contributed by atoms with Crippen molar-refractivity contribution in [2.24, 2.45) is 0 Å². The molecule has 0 aliphatic carbocycles. The Hall–Kier alpha value is -2.18. The van der Waals surface area contributed by atoms with Gasteiger partial charge in [-0.05, 0) is 68.1 Å². The molecule has 2 aliphatic heterocycles. The zero-order valence-corrected chi connectivity index (χ0v) is 16.2. The summed E-state index contributed by atoms with van der Waals surface area (Å²) in [5, 5.41) is 5.20. The molecule has 2 saturated heterocycles. The van der Waals surface area contributed by atoms with Crippen LogP contribution in [0, 0.1) is 0 Å². The minimum Gasteiger partial charge on any atom is -0.350 e. The summed E-state index contributed by atoms with van der Waals surface area (Å²) in [5.41, 5.74) is 1.51. The number of benzene rings is 1. The predicted octanol–water partition coefficient (Wildman–Crippen LogP) is 3.44. The molecular formula is C21H25N3O2S. The number of rotatable bonds is 6. The normalized spacial score (nSPS) is 18.8. The maximum atomic E-state index is 12.6. The number of nitrogens with one attached hydrogen (secondary N) is 1. The lowest BCUT2D eigenvalue weighted by atomic mass is 10.1. The van der Waals surface area contributed by atoms with Crippen molar-refractivity contribution >= 4 is 28.8 Å². The van der Waals surface area contributed by atoms with Crippen molar-refractivity contribution in [1.82, 2.24) is 10.2 Å². The summed E-state index contributed by atoms with van der Waals surface area (Å²) in [6.07, 6.45) is 3.98. The number of thiophene rings is 1. The van der Waals surface area contributed by atoms with Crippen LogP contribution in [0.4, 0.5) is 5.69 Å². The van der Waals surface area contributed by atoms with E-state index in [1.807, 2.05) is 24.3 Å². The van der Waals surface area contributed by atoms with E-state index in [0.29, 0.717) is 18.5 Å². The number of nitrogens with zero attached hydrogens (tertiary/aromatic N) is 2. The van der Waals surface area contributed by atoms with Crippen LogP contribution in [0.3, 0.4) is 0 Å². The van der Waals surface area contributed by atoms with Gasteiger partial charge in [-0.25, -0.2) is 0 Å². The molecule has 6 heteroatoms. The summed E-state index contributed by atoms with van der Waals surface area (Å²) in [5.74, 6) is 0.103. The third kappa shape index (κ3) is 4.06. The maximum Gasteiger partial charge on any atom is 0.251 e. The van der Waals surface area contributed by atoms with Crippen LogP contribution >= 0.6 is 11.3 Å². The van der Waals surface area contributed by atoms with E-state index in [1.54, 1.807) is 16.2 Å². The first-order chi connectivity index (χ1) is 13.2. The van der Waals surface area contributed by atoms with E-state index in [-0.39, 0.29) is 17.9 Å². The molecule has 1 N–H and O–H groups in total. The zero-order chi connectivity index (χ0) is 18.6. The smallest absolute Gasteiger partial charge is 0.251 e. The average Bonchev–Trinajstić information content (AvgIpc) is 3.45. The number of hydrogen-bond donors (Lipinski definition) is 1. The third-order valence-corrected chi connectivity index (χ3v) is 6.40. The molecule has 3 heterocycles. The quantitative estimate of drug-likeness (QED) is 0.831. The molecule has 142 valence electrons. The summed E-state index contributed by atoms with van der Waals surface area (Å²) in [4.78, 5) is 30.0. The number of amides is 2. The van der Waals surface area contributed by atoms with Gasteiger partial charge in [0.15, 0.2) is 0 Å². The molecule has 0 saturated carbocycles. The standard InChI is InChI=1S/C21H25N3O2S/c25-20-6-3-13-24(20)17-9-7-16(8-10-17)21(26)22-15-18(19-5-4-14-27-19)23-11-1-2-12-23/h4-5,7-10,14,18H,1-3,6,11-13,15H2,(H,22,26). The average molecular weight is 384 g/mol. The molecule has 0 radical (unpaired) electrons. The Morgan fingerprint density at radius 1 is 1.07 bits per heavy atom. The van der Waals surface area contributed by atoms with E-state index >= 15 is 0 Å². The van der Waals surface area contributed by atoms with Crippen molar-refractivity contribution in [3.63, 3.8) is 0 Å². The maximum absolute atomic E-state index is 12.6. The van der Waals surface area contributed by atoms with Crippen molar-refractivity contribution in [1.29, 1.82) is 0 Å². The number of carbonyl (C=O) groups is 2. The molecule has 1 aromatic heterocycles. The highest BCUT2D eigenvalue weighted by Crippen LogP contribution is 2.28. The number of likely N-dealkylation sites (tertiary alicyclic amines) is 1. The number of carbonyl (C=O) groups excluding carboxylic acids is 2. The monoisotopic (exact) mass is 383 g/mol. The Morgan fingerprint density at radius 2 is 1.85 bits per heavy atom. The molecular weight excluding hydrogens is 358 g/mol. The number of hydrogen-bond acceptors (Lipinski definition) is 4. The van der Waals surface area contributed by atoms with Crippen LogP contribution in [0.25, 0.3) is 0 Å². The Bertz CT molecular complexity index is 782. The third-order valence-electron chi connectivity index (χ3n) is 5.42. The van der Waals surface area contributed by atoms with E-state index in [1.165, 1.54) is 17.7 Å². The molecule has 1 aromatic carbocycles. The first kappa shape index (κ1) is 18.2. The summed E-state index contributed by atoms with van der Waals surface area (Å²) < 4.78 is 0. The molecule has 0 spiro atoms. The van der Waals surface area contributed by atoms with Crippen LogP contribution in [0.5, 0.6) is 0 Å². The van der Waals surface area contributed by atoms with Gasteiger partial charge in [-0.3, -0.25) is 14.5 Å². The van der Waals surface area contributed by atoms with E-state index in [0.717, 1.165) is 31.7 Å². The van der Waals surface area contributed by atoms with Gasteiger partial charge in [0, 0.05) is 35.6 Å². The lowest BCUT2D eigenvalue weighted by Crippen LogP contribution is -2.36. The van der Waals surface area contributed by atoms with Crippen LogP contribution in [-0.2, 0) is 4.79 Å². The fourth-order valence-corrected chi connectivity index (χ4v) is 4.81. The van der Waals surface area contributed by atoms with Crippen molar-refractivity contribution in [3.8, 4) is 0 Å². The van der Waals surface area contributed by atoms with E-state index in [9.17, 15) is 9.59 Å². The van der Waals surface area contributed by atoms with Gasteiger partial charge in [0.05, 0.1) is 6.04 Å². The van der Waals surface area contributed by atoms with Crippen LogP contribution in [0.2, 0.25) is 0 Å². The molecule has 2 aliphatic rings. The summed E-state index contributed by atoms with van der Waals surface area (Å²) in [7, 11) is 0. The number of anilines is 1. The minimum atomic E-state index is -0.0601. The predicted molar refractivity (Wildman–Crippen MR) is 108 cm³/mol. The van der Waals surface area contributed by atoms with Gasteiger partial charge < -0.3 is 10.2 Å². The Labute approximate surface area is 164 Å². The Kier molecular flexibility index (Phi) is 5.55. The zero-order valence-electron chi connectivity index (χ0n) is 15.4. The fraction of sp³-hybridized carbons (Fsp3) is 0.429. The second-order valence-corrected chi connectivity index (χ2v) is 8.16. The van der Waals surface area contributed by atoms with Gasteiger partial charge in [-0.2, -0.15) is 0 Å². The molecule has 2 fully saturated rings. The second kappa shape index (κ2) is 8.23. The summed E-state index contributed by atoms with van der Waals surface area (Å²) in [6, 6.07) is 11.8. The van der Waals surface area contributed by atoms with Crippen LogP contribution < -0.4 is 10.2 Å². The van der Waals surface area contributed by atoms with Crippen LogP contribution in [0.1, 0.15) is 47.0 Å². The van der Waals surface area contributed by atoms with Crippen molar-refractivity contribution in [2.75, 3.05) is 31.1 Å². The van der Waals surface area contributed by atoms with Gasteiger partial charge in [-0.15, -0.1) is 11.3 Å². The summed E-state index contributed by atoms with van der Waals surface area (Å²) >= 11 is 1.75. The lowest BCUT2D eigenvalue weighted by Gasteiger charge is -2.27. The molecule has 0 bridgehead atoms. The SMILES string of the molecule is O=C(NCC(c1cccs1)N1CCCC1)c1ccc(N2CCCC2=O)cc1. The first-order valence-electron chi connectivity index (χ1n) is 9.68. The van der Waals surface area contributed by atoms with Gasteiger partial charge in [0.2, 0.25) is 5.91 Å². The highest BCUT2D eigenvalue weighted by atomic mass is 32.1. The lowest BCUT2D eigenvalue weighted by molar-refractivity contribution is -0.117. The Morgan fingerprint density at radius 3 is 2.48 bits per heavy atom. The molecule has 2 amide bonds. The Balaban J connectivity index is 1.39. The molecule has 2 aromatic rings. The van der Waals surface area contributed by atoms with Gasteiger partial charge >= 0.3 is 0 Å². The van der Waals surface area contributed by atoms with E-state index < -0.39 is 0 Å². The minimum absolute atomic E-state index is 0.0601. The van der Waals surface area contributed by atoms with E-state index in [4.69, 9.17) is 0 Å². The topological polar surface area (TPSA) is 52.7 Å². The van der Waals surface area contributed by atoms with Crippen molar-refractivity contribution in [2.45, 2.75) is 31.7 Å². The van der Waals surface area contributed by atoms with Gasteiger partial charge in [-0.1, -0.05) is 6.07 Å². The molecule has 4 rings (SSSR count). The molecule has 1 unspecified atom stereocenters. The van der Waals surface area contributed by atoms with Crippen LogP contribution in [-0.4, -0.2) is 42.9 Å². The first-order valence-corrected chi connectivity index (χ1v) is 10.6. The highest BCUT2D eigenvalue weighted by molar-refractivity contribution is 7.10. The van der Waals surface area contributed by atoms with Crippen molar-refractivity contribution in [3.05, 3.63) is 52.2 Å².